The molecule has 3 aromatic heterocycles. The van der Waals surface area contributed by atoms with Crippen LogP contribution in [-0.2, 0) is 18.6 Å². The zero-order valence-electron chi connectivity index (χ0n) is 17.5. The number of hydrogen-bond donors (Lipinski definition) is 0. The van der Waals surface area contributed by atoms with Gasteiger partial charge < -0.3 is 0 Å². The second kappa shape index (κ2) is 8.85. The zero-order valence-corrected chi connectivity index (χ0v) is 18.3. The summed E-state index contributed by atoms with van der Waals surface area (Å²) in [4.78, 5) is 7.96. The maximum atomic E-state index is 4.49. The van der Waals surface area contributed by atoms with E-state index in [1.165, 1.54) is 10.4 Å². The molecule has 0 aliphatic carbocycles. The highest BCUT2D eigenvalue weighted by molar-refractivity contribution is 7.10. The average Bonchev–Trinajstić information content (AvgIpc) is 3.42. The van der Waals surface area contributed by atoms with E-state index in [1.807, 2.05) is 29.2 Å². The van der Waals surface area contributed by atoms with Gasteiger partial charge in [-0.1, -0.05) is 42.5 Å². The third-order valence-electron chi connectivity index (χ3n) is 4.89. The van der Waals surface area contributed by atoms with E-state index in [0.717, 1.165) is 24.5 Å². The fourth-order valence-electron chi connectivity index (χ4n) is 3.54. The molecule has 0 saturated heterocycles. The smallest absolute Gasteiger partial charge is 0.174 e. The maximum absolute atomic E-state index is 4.49. The fraction of sp³-hybridized carbons (Fsp3) is 0.304. The predicted octanol–water partition coefficient (Wildman–Crippen LogP) is 4.68. The number of nitrogens with zero attached hydrogens (tertiary/aromatic N) is 6. The average molecular weight is 419 g/mol. The van der Waals surface area contributed by atoms with Crippen molar-refractivity contribution in [3.05, 3.63) is 94.2 Å². The van der Waals surface area contributed by atoms with Crippen LogP contribution in [0.3, 0.4) is 0 Å². The van der Waals surface area contributed by atoms with Crippen LogP contribution in [0.15, 0.2) is 72.4 Å². The molecule has 0 N–H and O–H groups in total. The van der Waals surface area contributed by atoms with Gasteiger partial charge in [0.1, 0.15) is 6.04 Å². The van der Waals surface area contributed by atoms with Crippen LogP contribution in [0.1, 0.15) is 48.6 Å². The number of benzene rings is 1. The minimum atomic E-state index is -0.221. The summed E-state index contributed by atoms with van der Waals surface area (Å²) in [6, 6.07) is 18.8. The monoisotopic (exact) mass is 418 g/mol. The Balaban J connectivity index is 1.80. The van der Waals surface area contributed by atoms with Crippen molar-refractivity contribution >= 4 is 11.3 Å². The third-order valence-corrected chi connectivity index (χ3v) is 5.81. The number of hydrogen-bond acceptors (Lipinski definition) is 6. The first-order valence-corrected chi connectivity index (χ1v) is 10.9. The first-order valence-electron chi connectivity index (χ1n) is 10.0. The van der Waals surface area contributed by atoms with Crippen molar-refractivity contribution in [1.29, 1.82) is 0 Å². The Morgan fingerprint density at radius 2 is 1.73 bits per heavy atom. The van der Waals surface area contributed by atoms with E-state index in [1.54, 1.807) is 11.3 Å². The van der Waals surface area contributed by atoms with Gasteiger partial charge in [-0.05, 0) is 59.8 Å². The molecule has 4 aromatic rings. The van der Waals surface area contributed by atoms with E-state index >= 15 is 0 Å². The van der Waals surface area contributed by atoms with Crippen LogP contribution in [0.5, 0.6) is 0 Å². The topological polar surface area (TPSA) is 59.7 Å². The summed E-state index contributed by atoms with van der Waals surface area (Å²) in [5.41, 5.74) is 2.18. The summed E-state index contributed by atoms with van der Waals surface area (Å²) in [7, 11) is 0. The lowest BCUT2D eigenvalue weighted by atomic mass is 10.1. The number of tetrazole rings is 1. The first kappa shape index (κ1) is 20.4. The van der Waals surface area contributed by atoms with E-state index in [0.29, 0.717) is 0 Å². The standard InChI is InChI=1S/C23H26N6S/c1-23(2,3)29-22(25-26-27-29)21(20-12-8-14-30-20)28(16-18-9-5-4-6-10-18)17-19-11-7-13-24-15-19/h4-15,21H,16-17H2,1-3H3/t21-/m1/s1. The van der Waals surface area contributed by atoms with E-state index in [-0.39, 0.29) is 11.6 Å². The Labute approximate surface area is 181 Å². The van der Waals surface area contributed by atoms with Crippen LogP contribution >= 0.6 is 11.3 Å². The molecule has 4 rings (SSSR count). The molecule has 0 unspecified atom stereocenters. The molecule has 154 valence electrons. The van der Waals surface area contributed by atoms with Crippen molar-refractivity contribution in [3.8, 4) is 0 Å². The van der Waals surface area contributed by atoms with Gasteiger partial charge in [-0.15, -0.1) is 16.4 Å². The summed E-state index contributed by atoms with van der Waals surface area (Å²) in [6.07, 6.45) is 3.73. The molecule has 0 amide bonds. The molecule has 1 atom stereocenters. The first-order chi connectivity index (χ1) is 14.5. The van der Waals surface area contributed by atoms with Gasteiger partial charge >= 0.3 is 0 Å². The summed E-state index contributed by atoms with van der Waals surface area (Å²) >= 11 is 1.73. The highest BCUT2D eigenvalue weighted by Gasteiger charge is 2.32. The molecule has 0 aliphatic heterocycles. The van der Waals surface area contributed by atoms with Gasteiger partial charge in [0.2, 0.25) is 0 Å². The van der Waals surface area contributed by atoms with Crippen LogP contribution in [-0.4, -0.2) is 30.1 Å². The van der Waals surface area contributed by atoms with Gasteiger partial charge in [-0.2, -0.15) is 0 Å². The van der Waals surface area contributed by atoms with E-state index in [4.69, 9.17) is 0 Å². The number of thiophene rings is 1. The Morgan fingerprint density at radius 1 is 0.967 bits per heavy atom. The van der Waals surface area contributed by atoms with Crippen LogP contribution in [0.4, 0.5) is 0 Å². The Morgan fingerprint density at radius 3 is 2.40 bits per heavy atom. The SMILES string of the molecule is CC(C)(C)n1nnnc1[C@@H](c1cccs1)N(Cc1ccccc1)Cc1cccnc1. The van der Waals surface area contributed by atoms with Crippen molar-refractivity contribution in [2.24, 2.45) is 0 Å². The van der Waals surface area contributed by atoms with Crippen molar-refractivity contribution in [2.75, 3.05) is 0 Å². The number of pyridine rings is 1. The van der Waals surface area contributed by atoms with Crippen LogP contribution in [0.25, 0.3) is 0 Å². The molecule has 0 fully saturated rings. The van der Waals surface area contributed by atoms with E-state index in [2.05, 4.69) is 94.0 Å². The van der Waals surface area contributed by atoms with Crippen molar-refractivity contribution in [1.82, 2.24) is 30.1 Å². The minimum Gasteiger partial charge on any atom is -0.280 e. The molecular weight excluding hydrogens is 392 g/mol. The van der Waals surface area contributed by atoms with E-state index in [9.17, 15) is 0 Å². The lowest BCUT2D eigenvalue weighted by Crippen LogP contribution is -2.34. The molecule has 6 nitrogen and oxygen atoms in total. The van der Waals surface area contributed by atoms with E-state index < -0.39 is 0 Å². The van der Waals surface area contributed by atoms with Gasteiger partial charge in [-0.3, -0.25) is 9.88 Å². The molecule has 0 saturated carbocycles. The van der Waals surface area contributed by atoms with Gasteiger partial charge in [0, 0.05) is 30.4 Å². The second-order valence-electron chi connectivity index (χ2n) is 8.29. The number of aromatic nitrogens is 5. The Hall–Kier alpha value is -2.90. The second-order valence-corrected chi connectivity index (χ2v) is 9.27. The molecule has 0 aliphatic rings. The zero-order chi connectivity index (χ0) is 21.0. The highest BCUT2D eigenvalue weighted by atomic mass is 32.1. The van der Waals surface area contributed by atoms with Crippen LogP contribution in [0, 0.1) is 0 Å². The summed E-state index contributed by atoms with van der Waals surface area (Å²) in [5, 5.41) is 15.0. The molecular formula is C23H26N6S. The summed E-state index contributed by atoms with van der Waals surface area (Å²) < 4.78 is 1.94. The summed E-state index contributed by atoms with van der Waals surface area (Å²) in [6.45, 7) is 7.89. The van der Waals surface area contributed by atoms with Crippen LogP contribution < -0.4 is 0 Å². The van der Waals surface area contributed by atoms with Crippen molar-refractivity contribution in [3.63, 3.8) is 0 Å². The largest absolute Gasteiger partial charge is 0.280 e. The number of rotatable bonds is 7. The predicted molar refractivity (Wildman–Crippen MR) is 119 cm³/mol. The van der Waals surface area contributed by atoms with Crippen molar-refractivity contribution < 1.29 is 0 Å². The maximum Gasteiger partial charge on any atom is 0.174 e. The lowest BCUT2D eigenvalue weighted by Gasteiger charge is -2.32. The van der Waals surface area contributed by atoms with Gasteiger partial charge in [-0.25, -0.2) is 4.68 Å². The van der Waals surface area contributed by atoms with Crippen molar-refractivity contribution in [2.45, 2.75) is 45.4 Å². The Kier molecular flexibility index (Phi) is 6.01. The molecule has 0 bridgehead atoms. The molecule has 3 heterocycles. The summed E-state index contributed by atoms with van der Waals surface area (Å²) in [5.74, 6) is 0.852. The molecule has 1 aromatic carbocycles. The lowest BCUT2D eigenvalue weighted by molar-refractivity contribution is 0.187. The molecule has 0 spiro atoms. The molecule has 0 radical (unpaired) electrons. The quantitative estimate of drug-likeness (QED) is 0.436. The van der Waals surface area contributed by atoms with Gasteiger partial charge in [0.05, 0.1) is 5.54 Å². The third kappa shape index (κ3) is 4.63. The highest BCUT2D eigenvalue weighted by Crippen LogP contribution is 2.34. The van der Waals surface area contributed by atoms with Gasteiger partial charge in [0.25, 0.3) is 0 Å². The fourth-order valence-corrected chi connectivity index (χ4v) is 4.40. The van der Waals surface area contributed by atoms with Gasteiger partial charge in [0.15, 0.2) is 5.82 Å². The molecule has 7 heteroatoms. The van der Waals surface area contributed by atoms with Crippen LogP contribution in [0.2, 0.25) is 0 Å². The normalized spacial score (nSPS) is 12.9. The molecule has 30 heavy (non-hydrogen) atoms. The Bertz CT molecular complexity index is 997. The minimum absolute atomic E-state index is 0.0698.